The van der Waals surface area contributed by atoms with Gasteiger partial charge in [-0.15, -0.1) is 0 Å². The van der Waals surface area contributed by atoms with E-state index in [1.54, 1.807) is 36.4 Å². The third-order valence-corrected chi connectivity index (χ3v) is 14.0. The Morgan fingerprint density at radius 2 is 1.59 bits per heavy atom. The van der Waals surface area contributed by atoms with Crippen molar-refractivity contribution in [3.8, 4) is 11.8 Å². The first-order valence-electron chi connectivity index (χ1n) is 20.6. The molecule has 1 aromatic heterocycles. The molecule has 2 aliphatic carbocycles. The Labute approximate surface area is 349 Å². The van der Waals surface area contributed by atoms with Crippen LogP contribution in [0.1, 0.15) is 122 Å². The summed E-state index contributed by atoms with van der Waals surface area (Å²) in [5.74, 6) is -1.61. The lowest BCUT2D eigenvalue weighted by Gasteiger charge is -2.63. The molecule has 5 aliphatic rings. The summed E-state index contributed by atoms with van der Waals surface area (Å²) in [4.78, 5) is 70.0. The Morgan fingerprint density at radius 1 is 0.915 bits per heavy atom. The molecule has 2 saturated heterocycles. The highest BCUT2D eigenvalue weighted by molar-refractivity contribution is 6.31. The fraction of sp³-hybridized carbons (Fsp3) is 0.523. The van der Waals surface area contributed by atoms with Crippen LogP contribution in [-0.2, 0) is 9.59 Å². The number of hydrogen-bond donors (Lipinski definition) is 2. The van der Waals surface area contributed by atoms with Gasteiger partial charge in [0.1, 0.15) is 29.7 Å². The summed E-state index contributed by atoms with van der Waals surface area (Å²) in [6, 6.07) is 14.2. The summed E-state index contributed by atoms with van der Waals surface area (Å²) in [7, 11) is 2.23. The van der Waals surface area contributed by atoms with E-state index in [0.717, 1.165) is 62.2 Å². The Balaban J connectivity index is 0.811. The molecule has 3 aromatic rings. The first kappa shape index (κ1) is 40.5. The number of benzene rings is 2. The molecule has 4 fully saturated rings. The maximum atomic E-state index is 13.6. The molecule has 1 atom stereocenters. The Bertz CT molecular complexity index is 2230. The summed E-state index contributed by atoms with van der Waals surface area (Å²) >= 11 is 6.26. The number of nitrogens with zero attached hydrogens (tertiary/aromatic N) is 6. The average molecular weight is 823 g/mol. The average Bonchev–Trinajstić information content (AvgIpc) is 3.81. The minimum atomic E-state index is -0.980. The maximum Gasteiger partial charge on any atom is 0.272 e. The maximum absolute atomic E-state index is 13.6. The van der Waals surface area contributed by atoms with Crippen molar-refractivity contribution >= 4 is 46.8 Å². The Hall–Kier alpha value is -5.26. The number of carbonyl (C=O) groups excluding carboxylic acids is 5. The van der Waals surface area contributed by atoms with Gasteiger partial charge in [0.15, 0.2) is 0 Å². The lowest BCUT2D eigenvalue weighted by atomic mass is 9.49. The van der Waals surface area contributed by atoms with Crippen LogP contribution in [0.2, 0.25) is 5.02 Å². The number of aromatic nitrogens is 2. The second kappa shape index (κ2) is 15.4. The van der Waals surface area contributed by atoms with E-state index in [1.807, 2.05) is 16.9 Å². The van der Waals surface area contributed by atoms with Crippen LogP contribution in [0.15, 0.2) is 48.7 Å². The topological polar surface area (TPSA) is 170 Å². The van der Waals surface area contributed by atoms with Crippen LogP contribution in [0.5, 0.6) is 5.75 Å². The Morgan fingerprint density at radius 3 is 2.25 bits per heavy atom. The highest BCUT2D eigenvalue weighted by atomic mass is 35.5. The number of amides is 5. The van der Waals surface area contributed by atoms with Crippen molar-refractivity contribution in [2.75, 3.05) is 25.0 Å². The molecule has 59 heavy (non-hydrogen) atoms. The van der Waals surface area contributed by atoms with Crippen molar-refractivity contribution in [3.05, 3.63) is 76.1 Å². The zero-order valence-electron chi connectivity index (χ0n) is 34.2. The predicted octanol–water partition coefficient (Wildman–Crippen LogP) is 5.51. The van der Waals surface area contributed by atoms with E-state index in [1.165, 1.54) is 0 Å². The minimum absolute atomic E-state index is 0.0868. The molecule has 1 unspecified atom stereocenters. The van der Waals surface area contributed by atoms with Crippen LogP contribution in [0.4, 0.5) is 5.69 Å². The quantitative estimate of drug-likeness (QED) is 0.263. The first-order valence-corrected chi connectivity index (χ1v) is 21.0. The van der Waals surface area contributed by atoms with E-state index in [2.05, 4.69) is 61.2 Å². The van der Waals surface area contributed by atoms with Gasteiger partial charge in [-0.3, -0.25) is 38.9 Å². The fourth-order valence-corrected chi connectivity index (χ4v) is 10.9. The zero-order chi connectivity index (χ0) is 42.0. The molecule has 2 N–H and O–H groups in total. The second-order valence-electron chi connectivity index (χ2n) is 18.0. The van der Waals surface area contributed by atoms with Crippen LogP contribution in [0.3, 0.4) is 0 Å². The first-order chi connectivity index (χ1) is 28.1. The largest absolute Gasteiger partial charge is 0.489 e. The fourth-order valence-electron chi connectivity index (χ4n) is 10.7. The highest BCUT2D eigenvalue weighted by Crippen LogP contribution is 2.55. The standard InChI is InChI=1S/C44H51ClN8O6/c1-43(2)41(44(3,4)42(43)59-30-12-6-25(24-46)33(45)23-30)48-37(55)34-18-21-52(49-34)28-9-7-26(8-10-28)50(5)27-16-19-51(20-17-27)29-11-13-31-32(22-29)40(58)53(39(31)57)35-14-15-36(54)47-38(35)56/h6,11-13,18,21-23,26-28,35,41-42H,7-10,14-17,19-20H2,1-5H3,(H,48,55)(H,47,54,56). The molecule has 3 aliphatic heterocycles. The smallest absolute Gasteiger partial charge is 0.272 e. The van der Waals surface area contributed by atoms with Crippen molar-refractivity contribution in [1.82, 2.24) is 30.2 Å². The van der Waals surface area contributed by atoms with Gasteiger partial charge in [-0.05, 0) is 88.4 Å². The van der Waals surface area contributed by atoms with E-state index in [0.29, 0.717) is 45.2 Å². The van der Waals surface area contributed by atoms with E-state index in [9.17, 15) is 29.2 Å². The molecule has 0 bridgehead atoms. The number of hydrogen-bond acceptors (Lipinski definition) is 10. The van der Waals surface area contributed by atoms with Crippen molar-refractivity contribution < 1.29 is 28.7 Å². The van der Waals surface area contributed by atoms with Gasteiger partial charge in [-0.2, -0.15) is 10.4 Å². The number of nitrogens with one attached hydrogen (secondary N) is 2. The number of nitriles is 1. The predicted molar refractivity (Wildman–Crippen MR) is 219 cm³/mol. The molecule has 5 amide bonds. The SMILES string of the molecule is CN(C1CCC(n2ccc(C(=O)NC3C(C)(C)C(Oc4ccc(C#N)c(Cl)c4)C3(C)C)n2)CC1)C1CCN(c2ccc3c(c2)C(=O)N(C2CCC(=O)NC2=O)C3=O)CC1. The van der Waals surface area contributed by atoms with Gasteiger partial charge in [-0.1, -0.05) is 39.3 Å². The van der Waals surface area contributed by atoms with E-state index >= 15 is 0 Å². The third-order valence-electron chi connectivity index (χ3n) is 13.7. The van der Waals surface area contributed by atoms with Gasteiger partial charge < -0.3 is 19.9 Å². The normalized spacial score (nSPS) is 26.6. The molecular weight excluding hydrogens is 772 g/mol. The number of piperidine rings is 2. The van der Waals surface area contributed by atoms with Crippen LogP contribution in [0, 0.1) is 22.2 Å². The molecule has 15 heteroatoms. The number of anilines is 1. The van der Waals surface area contributed by atoms with E-state index in [-0.39, 0.29) is 47.8 Å². The summed E-state index contributed by atoms with van der Waals surface area (Å²) in [6.45, 7) is 9.96. The van der Waals surface area contributed by atoms with Gasteiger partial charge in [0.25, 0.3) is 17.7 Å². The molecule has 2 saturated carbocycles. The summed E-state index contributed by atoms with van der Waals surface area (Å²) < 4.78 is 8.34. The minimum Gasteiger partial charge on any atom is -0.489 e. The lowest BCUT2D eigenvalue weighted by molar-refractivity contribution is -0.164. The molecule has 14 nitrogen and oxygen atoms in total. The van der Waals surface area contributed by atoms with Crippen molar-refractivity contribution in [1.29, 1.82) is 5.26 Å². The van der Waals surface area contributed by atoms with Gasteiger partial charge >= 0.3 is 0 Å². The number of rotatable bonds is 9. The zero-order valence-corrected chi connectivity index (χ0v) is 34.9. The molecule has 2 aromatic carbocycles. The lowest BCUT2D eigenvalue weighted by Crippen LogP contribution is -2.74. The summed E-state index contributed by atoms with van der Waals surface area (Å²) in [5.41, 5.74) is 1.51. The van der Waals surface area contributed by atoms with E-state index in [4.69, 9.17) is 21.4 Å². The molecular formula is C44H51ClN8O6. The molecule has 0 radical (unpaired) electrons. The number of halogens is 1. The summed E-state index contributed by atoms with van der Waals surface area (Å²) in [5, 5.41) is 19.8. The van der Waals surface area contributed by atoms with Gasteiger partial charge in [0, 0.05) is 66.4 Å². The van der Waals surface area contributed by atoms with Crippen LogP contribution in [0.25, 0.3) is 0 Å². The Kier molecular flexibility index (Phi) is 10.6. The van der Waals surface area contributed by atoms with Crippen LogP contribution in [-0.4, -0.2) is 99.5 Å². The molecule has 0 spiro atoms. The van der Waals surface area contributed by atoms with E-state index < -0.39 is 29.7 Å². The molecule has 4 heterocycles. The second-order valence-corrected chi connectivity index (χ2v) is 18.4. The third kappa shape index (κ3) is 7.26. The van der Waals surface area contributed by atoms with Gasteiger partial charge in [-0.25, -0.2) is 0 Å². The monoisotopic (exact) mass is 822 g/mol. The van der Waals surface area contributed by atoms with Crippen LogP contribution < -0.4 is 20.3 Å². The van der Waals surface area contributed by atoms with Crippen molar-refractivity contribution in [2.45, 2.75) is 115 Å². The van der Waals surface area contributed by atoms with Gasteiger partial charge in [0.05, 0.1) is 27.8 Å². The summed E-state index contributed by atoms with van der Waals surface area (Å²) in [6.07, 6.45) is 7.87. The van der Waals surface area contributed by atoms with Crippen molar-refractivity contribution in [2.24, 2.45) is 10.8 Å². The van der Waals surface area contributed by atoms with Crippen molar-refractivity contribution in [3.63, 3.8) is 0 Å². The number of carbonyl (C=O) groups is 5. The number of ether oxygens (including phenoxy) is 1. The molecule has 310 valence electrons. The highest BCUT2D eigenvalue weighted by Gasteiger charge is 2.64. The van der Waals surface area contributed by atoms with Crippen LogP contribution >= 0.6 is 11.6 Å². The van der Waals surface area contributed by atoms with Gasteiger partial charge in [0.2, 0.25) is 11.8 Å². The number of imide groups is 2. The molecule has 8 rings (SSSR count). The number of fused-ring (bicyclic) bond motifs is 1.